The highest BCUT2D eigenvalue weighted by Crippen LogP contribution is 2.23. The number of nitrogens with zero attached hydrogens (tertiary/aromatic N) is 1. The van der Waals surface area contributed by atoms with Gasteiger partial charge in [0.25, 0.3) is 0 Å². The first-order valence-electron chi connectivity index (χ1n) is 7.82. The number of urea groups is 1. The number of halogens is 1. The minimum Gasteiger partial charge on any atom is -0.481 e. The molecule has 6 heteroatoms. The smallest absolute Gasteiger partial charge is 0.317 e. The lowest BCUT2D eigenvalue weighted by Gasteiger charge is -2.35. The van der Waals surface area contributed by atoms with Crippen LogP contribution in [0.15, 0.2) is 18.2 Å². The zero-order valence-corrected chi connectivity index (χ0v) is 13.7. The summed E-state index contributed by atoms with van der Waals surface area (Å²) < 4.78 is 13.6. The van der Waals surface area contributed by atoms with E-state index in [1.54, 1.807) is 26.0 Å². The molecule has 1 heterocycles. The molecule has 0 aromatic heterocycles. The van der Waals surface area contributed by atoms with Gasteiger partial charge in [0, 0.05) is 13.1 Å². The quantitative estimate of drug-likeness (QED) is 0.899. The predicted octanol–water partition coefficient (Wildman–Crippen LogP) is 2.95. The van der Waals surface area contributed by atoms with Crippen LogP contribution in [-0.4, -0.2) is 35.1 Å². The number of carbonyl (C=O) groups excluding carboxylic acids is 1. The second-order valence-electron chi connectivity index (χ2n) is 6.46. The van der Waals surface area contributed by atoms with Crippen molar-refractivity contribution < 1.29 is 19.1 Å². The maximum Gasteiger partial charge on any atom is 0.317 e. The normalized spacial score (nSPS) is 22.5. The lowest BCUT2D eigenvalue weighted by molar-refractivity contribution is -0.143. The van der Waals surface area contributed by atoms with E-state index < -0.39 is 11.9 Å². The number of carboxylic acid groups (broad SMARTS) is 1. The number of benzene rings is 1. The van der Waals surface area contributed by atoms with Crippen LogP contribution in [0.1, 0.15) is 37.4 Å². The molecular weight excluding hydrogens is 299 g/mol. The van der Waals surface area contributed by atoms with Crippen LogP contribution in [0.4, 0.5) is 9.18 Å². The highest BCUT2D eigenvalue weighted by atomic mass is 19.1. The Morgan fingerprint density at radius 3 is 2.70 bits per heavy atom. The van der Waals surface area contributed by atoms with E-state index in [9.17, 15) is 19.1 Å². The van der Waals surface area contributed by atoms with Crippen LogP contribution < -0.4 is 5.32 Å². The largest absolute Gasteiger partial charge is 0.481 e. The lowest BCUT2D eigenvalue weighted by Crippen LogP contribution is -2.49. The Hall–Kier alpha value is -2.11. The van der Waals surface area contributed by atoms with Crippen molar-refractivity contribution >= 4 is 12.0 Å². The van der Waals surface area contributed by atoms with Crippen molar-refractivity contribution in [2.75, 3.05) is 13.1 Å². The third kappa shape index (κ3) is 4.21. The van der Waals surface area contributed by atoms with E-state index in [2.05, 4.69) is 5.32 Å². The number of nitrogens with one attached hydrogen (secondary N) is 1. The maximum absolute atomic E-state index is 13.6. The summed E-state index contributed by atoms with van der Waals surface area (Å²) in [7, 11) is 0. The molecule has 0 spiro atoms. The molecule has 126 valence electrons. The Labute approximate surface area is 135 Å². The topological polar surface area (TPSA) is 69.6 Å². The number of carbonyl (C=O) groups is 2. The van der Waals surface area contributed by atoms with Crippen molar-refractivity contribution in [2.45, 2.75) is 33.2 Å². The molecule has 1 saturated heterocycles. The van der Waals surface area contributed by atoms with Gasteiger partial charge in [-0.25, -0.2) is 9.18 Å². The summed E-state index contributed by atoms with van der Waals surface area (Å²) in [6, 6.07) is 4.22. The minimum absolute atomic E-state index is 0.141. The van der Waals surface area contributed by atoms with Crippen LogP contribution in [-0.2, 0) is 4.79 Å². The van der Waals surface area contributed by atoms with E-state index in [0.717, 1.165) is 0 Å². The number of aliphatic carboxylic acids is 1. The second-order valence-corrected chi connectivity index (χ2v) is 6.46. The van der Waals surface area contributed by atoms with E-state index >= 15 is 0 Å². The van der Waals surface area contributed by atoms with Crippen molar-refractivity contribution in [3.05, 3.63) is 35.1 Å². The molecule has 2 N–H and O–H groups in total. The molecule has 1 aromatic rings. The first kappa shape index (κ1) is 17.2. The molecule has 23 heavy (non-hydrogen) atoms. The highest BCUT2D eigenvalue weighted by molar-refractivity contribution is 5.77. The molecule has 1 aliphatic rings. The van der Waals surface area contributed by atoms with Crippen LogP contribution in [0, 0.1) is 24.6 Å². The molecule has 1 fully saturated rings. The fraction of sp³-hybridized carbons (Fsp3) is 0.529. The summed E-state index contributed by atoms with van der Waals surface area (Å²) in [5, 5.41) is 12.0. The Morgan fingerprint density at radius 2 is 2.09 bits per heavy atom. The van der Waals surface area contributed by atoms with Gasteiger partial charge < -0.3 is 15.3 Å². The van der Waals surface area contributed by atoms with Crippen molar-refractivity contribution in [1.29, 1.82) is 0 Å². The molecule has 2 rings (SSSR count). The van der Waals surface area contributed by atoms with Gasteiger partial charge in [-0.3, -0.25) is 4.79 Å². The van der Waals surface area contributed by atoms with Crippen LogP contribution in [0.3, 0.4) is 0 Å². The first-order chi connectivity index (χ1) is 10.8. The Kier molecular flexibility index (Phi) is 5.23. The van der Waals surface area contributed by atoms with Crippen molar-refractivity contribution in [2.24, 2.45) is 11.8 Å². The Morgan fingerprint density at radius 1 is 1.39 bits per heavy atom. The van der Waals surface area contributed by atoms with Crippen LogP contribution in [0.2, 0.25) is 0 Å². The van der Waals surface area contributed by atoms with Crippen molar-refractivity contribution in [1.82, 2.24) is 10.2 Å². The van der Waals surface area contributed by atoms with E-state index in [1.165, 1.54) is 11.0 Å². The number of amides is 2. The molecular formula is C17H23FN2O3. The average Bonchev–Trinajstić information content (AvgIpc) is 2.49. The van der Waals surface area contributed by atoms with Gasteiger partial charge in [-0.15, -0.1) is 0 Å². The number of hydrogen-bond acceptors (Lipinski definition) is 2. The van der Waals surface area contributed by atoms with Gasteiger partial charge in [-0.2, -0.15) is 0 Å². The number of likely N-dealkylation sites (tertiary alicyclic amines) is 1. The summed E-state index contributed by atoms with van der Waals surface area (Å²) >= 11 is 0. The molecule has 2 unspecified atom stereocenters. The fourth-order valence-electron chi connectivity index (χ4n) is 2.93. The van der Waals surface area contributed by atoms with Gasteiger partial charge in [-0.1, -0.05) is 19.1 Å². The molecule has 0 aliphatic carbocycles. The van der Waals surface area contributed by atoms with Gasteiger partial charge in [0.15, 0.2) is 0 Å². The molecule has 2 amide bonds. The maximum atomic E-state index is 13.6. The third-order valence-corrected chi connectivity index (χ3v) is 4.33. The molecule has 5 nitrogen and oxygen atoms in total. The number of aryl methyl sites for hydroxylation is 1. The molecule has 1 aliphatic heterocycles. The van der Waals surface area contributed by atoms with Gasteiger partial charge in [0.05, 0.1) is 12.0 Å². The van der Waals surface area contributed by atoms with Crippen LogP contribution in [0.5, 0.6) is 0 Å². The lowest BCUT2D eigenvalue weighted by atomic mass is 9.91. The van der Waals surface area contributed by atoms with E-state index in [0.29, 0.717) is 24.1 Å². The zero-order chi connectivity index (χ0) is 17.1. The van der Waals surface area contributed by atoms with Crippen molar-refractivity contribution in [3.63, 3.8) is 0 Å². The molecule has 1 aromatic carbocycles. The molecule has 0 bridgehead atoms. The van der Waals surface area contributed by atoms with Gasteiger partial charge in [0.2, 0.25) is 0 Å². The van der Waals surface area contributed by atoms with Crippen molar-refractivity contribution in [3.8, 4) is 0 Å². The molecule has 3 atom stereocenters. The Bertz CT molecular complexity index is 606. The first-order valence-corrected chi connectivity index (χ1v) is 7.82. The van der Waals surface area contributed by atoms with E-state index in [-0.39, 0.29) is 30.4 Å². The highest BCUT2D eigenvalue weighted by Gasteiger charge is 2.32. The third-order valence-electron chi connectivity index (χ3n) is 4.33. The van der Waals surface area contributed by atoms with Gasteiger partial charge >= 0.3 is 12.0 Å². The summed E-state index contributed by atoms with van der Waals surface area (Å²) in [5.74, 6) is -1.57. The van der Waals surface area contributed by atoms with Gasteiger partial charge in [-0.05, 0) is 43.4 Å². The summed E-state index contributed by atoms with van der Waals surface area (Å²) in [6.45, 7) is 6.15. The van der Waals surface area contributed by atoms with Gasteiger partial charge in [0.1, 0.15) is 5.82 Å². The Balaban J connectivity index is 2.02. The number of rotatable bonds is 3. The van der Waals surface area contributed by atoms with Crippen LogP contribution in [0.25, 0.3) is 0 Å². The summed E-state index contributed by atoms with van der Waals surface area (Å²) in [5.41, 5.74) is 1.24. The minimum atomic E-state index is -0.872. The number of carboxylic acids is 1. The standard InChI is InChI=1S/C17H23FN2O3/c1-10-6-14(16(21)22)9-20(8-10)17(23)19-12(3)13-5-4-11(2)15(18)7-13/h4-5,7,10,12,14H,6,8-9H2,1-3H3,(H,19,23)(H,21,22)/t10?,12-,14?/m1/s1. The fourth-order valence-corrected chi connectivity index (χ4v) is 2.93. The predicted molar refractivity (Wildman–Crippen MR) is 84.6 cm³/mol. The monoisotopic (exact) mass is 322 g/mol. The molecule has 0 saturated carbocycles. The van der Waals surface area contributed by atoms with Crippen LogP contribution >= 0.6 is 0 Å². The van der Waals surface area contributed by atoms with E-state index in [1.807, 2.05) is 6.92 Å². The average molecular weight is 322 g/mol. The second kappa shape index (κ2) is 6.98. The number of piperidine rings is 1. The number of hydrogen-bond donors (Lipinski definition) is 2. The zero-order valence-electron chi connectivity index (χ0n) is 13.7. The van der Waals surface area contributed by atoms with E-state index in [4.69, 9.17) is 0 Å². The summed E-state index contributed by atoms with van der Waals surface area (Å²) in [6.07, 6.45) is 0.581. The SMILES string of the molecule is Cc1ccc([C@@H](C)NC(=O)N2CC(C)CC(C(=O)O)C2)cc1F. The summed E-state index contributed by atoms with van der Waals surface area (Å²) in [4.78, 5) is 25.1. The molecule has 0 radical (unpaired) electrons.